The molecule has 1 saturated heterocycles. The van der Waals surface area contributed by atoms with Crippen molar-refractivity contribution in [2.45, 2.75) is 25.3 Å². The van der Waals surface area contributed by atoms with Crippen molar-refractivity contribution in [3.8, 4) is 0 Å². The summed E-state index contributed by atoms with van der Waals surface area (Å²) >= 11 is 5.82. The molecule has 1 aliphatic heterocycles. The van der Waals surface area contributed by atoms with Gasteiger partial charge in [0.15, 0.2) is 9.84 Å². The zero-order chi connectivity index (χ0) is 14.0. The lowest BCUT2D eigenvalue weighted by Gasteiger charge is -2.16. The van der Waals surface area contributed by atoms with Crippen LogP contribution in [-0.4, -0.2) is 26.0 Å². The Balaban J connectivity index is 1.94. The van der Waals surface area contributed by atoms with Crippen molar-refractivity contribution in [2.24, 2.45) is 11.7 Å². The third-order valence-corrected chi connectivity index (χ3v) is 5.52. The Morgan fingerprint density at radius 3 is 2.84 bits per heavy atom. The van der Waals surface area contributed by atoms with Gasteiger partial charge < -0.3 is 5.73 Å². The molecule has 0 aliphatic carbocycles. The van der Waals surface area contributed by atoms with Crippen LogP contribution in [0.25, 0.3) is 0 Å². The molecule has 106 valence electrons. The molecule has 2 rings (SSSR count). The van der Waals surface area contributed by atoms with E-state index in [0.29, 0.717) is 29.8 Å². The van der Waals surface area contributed by atoms with Crippen LogP contribution >= 0.6 is 11.6 Å². The highest BCUT2D eigenvalue weighted by molar-refractivity contribution is 7.91. The highest BCUT2D eigenvalue weighted by Crippen LogP contribution is 2.24. The van der Waals surface area contributed by atoms with Gasteiger partial charge in [-0.3, -0.25) is 0 Å². The highest BCUT2D eigenvalue weighted by Gasteiger charge is 2.29. The molecule has 1 aromatic carbocycles. The maximum Gasteiger partial charge on any atom is 0.150 e. The van der Waals surface area contributed by atoms with Crippen molar-refractivity contribution >= 4 is 21.4 Å². The molecule has 2 N–H and O–H groups in total. The van der Waals surface area contributed by atoms with Gasteiger partial charge in [-0.25, -0.2) is 12.8 Å². The Kier molecular flexibility index (Phi) is 4.48. The molecule has 0 spiro atoms. The van der Waals surface area contributed by atoms with Crippen molar-refractivity contribution in [3.05, 3.63) is 34.6 Å². The van der Waals surface area contributed by atoms with Crippen molar-refractivity contribution in [1.29, 1.82) is 0 Å². The second-order valence-corrected chi connectivity index (χ2v) is 7.87. The zero-order valence-corrected chi connectivity index (χ0v) is 12.1. The number of hydrogen-bond acceptors (Lipinski definition) is 3. The quantitative estimate of drug-likeness (QED) is 0.927. The van der Waals surface area contributed by atoms with E-state index in [1.54, 1.807) is 6.07 Å². The fraction of sp³-hybridized carbons (Fsp3) is 0.538. The van der Waals surface area contributed by atoms with Crippen LogP contribution in [0.1, 0.15) is 18.4 Å². The number of nitrogens with two attached hydrogens (primary N) is 1. The topological polar surface area (TPSA) is 60.2 Å². The Labute approximate surface area is 117 Å². The summed E-state index contributed by atoms with van der Waals surface area (Å²) in [6, 6.07) is 4.15. The van der Waals surface area contributed by atoms with Crippen LogP contribution < -0.4 is 5.73 Å². The third kappa shape index (κ3) is 4.16. The first-order valence-corrected chi connectivity index (χ1v) is 8.45. The van der Waals surface area contributed by atoms with Crippen LogP contribution in [0.3, 0.4) is 0 Å². The summed E-state index contributed by atoms with van der Waals surface area (Å²) in [5.74, 6) is 0.232. The minimum absolute atomic E-state index is 0.0993. The predicted molar refractivity (Wildman–Crippen MR) is 74.5 cm³/mol. The number of benzene rings is 1. The molecule has 0 saturated carbocycles. The maximum absolute atomic E-state index is 13.6. The largest absolute Gasteiger partial charge is 0.327 e. The molecule has 1 heterocycles. The molecule has 0 amide bonds. The second kappa shape index (κ2) is 5.77. The van der Waals surface area contributed by atoms with E-state index in [4.69, 9.17) is 17.3 Å². The average molecular weight is 306 g/mol. The Morgan fingerprint density at radius 1 is 1.47 bits per heavy atom. The molecule has 0 bridgehead atoms. The van der Waals surface area contributed by atoms with Crippen molar-refractivity contribution in [1.82, 2.24) is 0 Å². The zero-order valence-electron chi connectivity index (χ0n) is 10.5. The van der Waals surface area contributed by atoms with Gasteiger partial charge in [0.2, 0.25) is 0 Å². The van der Waals surface area contributed by atoms with Gasteiger partial charge in [-0.05, 0) is 48.9 Å². The van der Waals surface area contributed by atoms with E-state index >= 15 is 0 Å². The van der Waals surface area contributed by atoms with Gasteiger partial charge in [0.1, 0.15) is 5.82 Å². The third-order valence-electron chi connectivity index (χ3n) is 3.45. The lowest BCUT2D eigenvalue weighted by atomic mass is 9.95. The average Bonchev–Trinajstić information content (AvgIpc) is 2.63. The van der Waals surface area contributed by atoms with Crippen LogP contribution in [0, 0.1) is 11.7 Å². The summed E-state index contributed by atoms with van der Waals surface area (Å²) < 4.78 is 36.3. The molecule has 1 aliphatic rings. The minimum atomic E-state index is -2.88. The van der Waals surface area contributed by atoms with Crippen molar-refractivity contribution < 1.29 is 12.8 Å². The number of sulfone groups is 1. The summed E-state index contributed by atoms with van der Waals surface area (Å²) in [5, 5.41) is 0.479. The summed E-state index contributed by atoms with van der Waals surface area (Å²) in [6.45, 7) is 0. The maximum atomic E-state index is 13.6. The monoisotopic (exact) mass is 305 g/mol. The molecule has 1 fully saturated rings. The van der Waals surface area contributed by atoms with Gasteiger partial charge >= 0.3 is 0 Å². The number of rotatable bonds is 4. The number of hydrogen-bond donors (Lipinski definition) is 1. The summed E-state index contributed by atoms with van der Waals surface area (Å²) in [7, 11) is -2.88. The van der Waals surface area contributed by atoms with Crippen LogP contribution in [0.15, 0.2) is 18.2 Å². The smallest absolute Gasteiger partial charge is 0.150 e. The van der Waals surface area contributed by atoms with Crippen LogP contribution in [-0.2, 0) is 16.3 Å². The SMILES string of the molecule is NC(Cc1cc(Cl)ccc1F)CC1CCS(=O)(=O)C1. The van der Waals surface area contributed by atoms with Gasteiger partial charge in [-0.15, -0.1) is 0 Å². The first kappa shape index (κ1) is 14.8. The van der Waals surface area contributed by atoms with Gasteiger partial charge in [0, 0.05) is 11.1 Å². The Morgan fingerprint density at radius 2 is 2.21 bits per heavy atom. The highest BCUT2D eigenvalue weighted by atomic mass is 35.5. The lowest BCUT2D eigenvalue weighted by Crippen LogP contribution is -2.27. The fourth-order valence-corrected chi connectivity index (χ4v) is 4.63. The van der Waals surface area contributed by atoms with E-state index in [0.717, 1.165) is 0 Å². The number of halogens is 2. The van der Waals surface area contributed by atoms with Gasteiger partial charge in [0.05, 0.1) is 11.5 Å². The molecule has 6 heteroatoms. The Hall–Kier alpha value is -0.650. The molecular formula is C13H17ClFNO2S. The molecular weight excluding hydrogens is 289 g/mol. The normalized spacial score (nSPS) is 23.4. The fourth-order valence-electron chi connectivity index (χ4n) is 2.55. The summed E-state index contributed by atoms with van der Waals surface area (Å²) in [6.07, 6.45) is 1.64. The molecule has 19 heavy (non-hydrogen) atoms. The van der Waals surface area contributed by atoms with E-state index in [-0.39, 0.29) is 29.3 Å². The van der Waals surface area contributed by atoms with Gasteiger partial charge in [-0.1, -0.05) is 11.6 Å². The lowest BCUT2D eigenvalue weighted by molar-refractivity contribution is 0.462. The Bertz CT molecular complexity index is 562. The molecule has 2 atom stereocenters. The van der Waals surface area contributed by atoms with Crippen molar-refractivity contribution in [3.63, 3.8) is 0 Å². The van der Waals surface area contributed by atoms with Gasteiger partial charge in [-0.2, -0.15) is 0 Å². The van der Waals surface area contributed by atoms with E-state index in [1.165, 1.54) is 12.1 Å². The summed E-state index contributed by atoms with van der Waals surface area (Å²) in [5.41, 5.74) is 6.48. The predicted octanol–water partition coefficient (Wildman–Crippen LogP) is 2.17. The van der Waals surface area contributed by atoms with E-state index in [9.17, 15) is 12.8 Å². The second-order valence-electron chi connectivity index (χ2n) is 5.20. The molecule has 0 radical (unpaired) electrons. The molecule has 2 unspecified atom stereocenters. The molecule has 3 nitrogen and oxygen atoms in total. The van der Waals surface area contributed by atoms with E-state index < -0.39 is 9.84 Å². The summed E-state index contributed by atoms with van der Waals surface area (Å²) in [4.78, 5) is 0. The van der Waals surface area contributed by atoms with Crippen molar-refractivity contribution in [2.75, 3.05) is 11.5 Å². The van der Waals surface area contributed by atoms with Gasteiger partial charge in [0.25, 0.3) is 0 Å². The minimum Gasteiger partial charge on any atom is -0.327 e. The first-order chi connectivity index (χ1) is 8.85. The molecule has 0 aromatic heterocycles. The molecule has 1 aromatic rings. The van der Waals surface area contributed by atoms with Crippen LogP contribution in [0.4, 0.5) is 4.39 Å². The van der Waals surface area contributed by atoms with Crippen LogP contribution in [0.5, 0.6) is 0 Å². The first-order valence-electron chi connectivity index (χ1n) is 6.25. The van der Waals surface area contributed by atoms with E-state index in [1.807, 2.05) is 0 Å². The van der Waals surface area contributed by atoms with Crippen LogP contribution in [0.2, 0.25) is 5.02 Å². The van der Waals surface area contributed by atoms with E-state index in [2.05, 4.69) is 0 Å². The standard InChI is InChI=1S/C13H17ClFNO2S/c14-11-1-2-13(15)10(6-11)7-12(16)5-9-3-4-19(17,18)8-9/h1-2,6,9,12H,3-5,7-8,16H2.